The molecule has 0 saturated carbocycles. The molecular formula is C27H25ClN5O3P. The van der Waals surface area contributed by atoms with Gasteiger partial charge in [0, 0.05) is 54.1 Å². The van der Waals surface area contributed by atoms with Crippen LogP contribution in [0.4, 0.5) is 0 Å². The summed E-state index contributed by atoms with van der Waals surface area (Å²) in [6, 6.07) is 13.7. The topological polar surface area (TPSA) is 103 Å². The second kappa shape index (κ2) is 9.06. The van der Waals surface area contributed by atoms with Gasteiger partial charge in [-0.3, -0.25) is 14.8 Å². The first-order valence-electron chi connectivity index (χ1n) is 11.5. The van der Waals surface area contributed by atoms with Crippen LogP contribution >= 0.6 is 18.7 Å². The zero-order valence-corrected chi connectivity index (χ0v) is 22.4. The summed E-state index contributed by atoms with van der Waals surface area (Å²) in [6.45, 7) is 3.31. The molecule has 1 atom stereocenters. The lowest BCUT2D eigenvalue weighted by Gasteiger charge is -2.30. The summed E-state index contributed by atoms with van der Waals surface area (Å²) >= 11 is 6.23. The molecule has 188 valence electrons. The third kappa shape index (κ3) is 4.31. The Morgan fingerprint density at radius 2 is 1.73 bits per heavy atom. The van der Waals surface area contributed by atoms with E-state index in [4.69, 9.17) is 11.6 Å². The van der Waals surface area contributed by atoms with Gasteiger partial charge >= 0.3 is 0 Å². The highest BCUT2D eigenvalue weighted by molar-refractivity contribution is 7.69. The third-order valence-electron chi connectivity index (χ3n) is 6.57. The zero-order valence-electron chi connectivity index (χ0n) is 20.8. The van der Waals surface area contributed by atoms with E-state index in [1.165, 1.54) is 6.07 Å². The van der Waals surface area contributed by atoms with Crippen LogP contribution in [0.5, 0.6) is 0 Å². The number of imidazole rings is 1. The molecule has 4 heterocycles. The first kappa shape index (κ1) is 25.1. The van der Waals surface area contributed by atoms with Crippen molar-refractivity contribution in [2.75, 3.05) is 13.3 Å². The van der Waals surface area contributed by atoms with Gasteiger partial charge in [-0.2, -0.15) is 0 Å². The number of fused-ring (bicyclic) bond motifs is 1. The van der Waals surface area contributed by atoms with Crippen LogP contribution in [0, 0.1) is 0 Å². The molecule has 10 heteroatoms. The molecule has 8 nitrogen and oxygen atoms in total. The Balaban J connectivity index is 1.81. The number of aromatic nitrogens is 5. The molecule has 1 aromatic carbocycles. The molecule has 5 aromatic rings. The predicted molar refractivity (Wildman–Crippen MR) is 146 cm³/mol. The predicted octanol–water partition coefficient (Wildman–Crippen LogP) is 3.91. The fourth-order valence-corrected chi connectivity index (χ4v) is 5.47. The zero-order chi connectivity index (χ0) is 26.5. The minimum Gasteiger partial charge on any atom is -0.374 e. The summed E-state index contributed by atoms with van der Waals surface area (Å²) < 4.78 is 15.8. The molecule has 0 aliphatic rings. The van der Waals surface area contributed by atoms with E-state index in [2.05, 4.69) is 15.0 Å². The molecule has 0 spiro atoms. The number of hydrogen-bond donors (Lipinski definition) is 1. The maximum Gasteiger partial charge on any atom is 0.251 e. The maximum absolute atomic E-state index is 12.8. The molecule has 0 bridgehead atoms. The van der Waals surface area contributed by atoms with Gasteiger partial charge in [-0.1, -0.05) is 23.7 Å². The Bertz CT molecular complexity index is 1760. The molecule has 0 aliphatic carbocycles. The quantitative estimate of drug-likeness (QED) is 0.344. The van der Waals surface area contributed by atoms with E-state index in [0.717, 1.165) is 0 Å². The molecular weight excluding hydrogens is 509 g/mol. The minimum atomic E-state index is -2.58. The van der Waals surface area contributed by atoms with Crippen LogP contribution in [0.3, 0.4) is 0 Å². The van der Waals surface area contributed by atoms with Gasteiger partial charge in [-0.05, 0) is 49.2 Å². The molecule has 37 heavy (non-hydrogen) atoms. The summed E-state index contributed by atoms with van der Waals surface area (Å²) in [5, 5.41) is 13.6. The van der Waals surface area contributed by atoms with Gasteiger partial charge in [-0.15, -0.1) is 0 Å². The SMILES string of the molecule is Cn1cncc1C(O)(c1ccc(P(C)(C)=O)nc1)c1ccc2c(c1)c(-c1cc(Cl)ccn1)cc(=O)n2C. The molecule has 0 fully saturated rings. The van der Waals surface area contributed by atoms with Crippen LogP contribution in [0.2, 0.25) is 5.02 Å². The van der Waals surface area contributed by atoms with Crippen molar-refractivity contribution in [3.63, 3.8) is 0 Å². The highest BCUT2D eigenvalue weighted by atomic mass is 35.5. The molecule has 1 N–H and O–H groups in total. The van der Waals surface area contributed by atoms with Gasteiger partial charge in [0.25, 0.3) is 5.56 Å². The van der Waals surface area contributed by atoms with Gasteiger partial charge < -0.3 is 18.8 Å². The second-order valence-corrected chi connectivity index (χ2v) is 13.0. The lowest BCUT2D eigenvalue weighted by atomic mass is 9.83. The lowest BCUT2D eigenvalue weighted by Crippen LogP contribution is -2.32. The Morgan fingerprint density at radius 1 is 0.973 bits per heavy atom. The van der Waals surface area contributed by atoms with E-state index in [9.17, 15) is 14.5 Å². The first-order valence-corrected chi connectivity index (χ1v) is 14.5. The van der Waals surface area contributed by atoms with E-state index in [0.29, 0.717) is 49.4 Å². The van der Waals surface area contributed by atoms with Gasteiger partial charge in [0.15, 0.2) is 5.60 Å². The average molecular weight is 534 g/mol. The van der Waals surface area contributed by atoms with Crippen molar-refractivity contribution in [1.29, 1.82) is 0 Å². The van der Waals surface area contributed by atoms with Crippen LogP contribution in [0.1, 0.15) is 16.8 Å². The number of halogens is 1. The van der Waals surface area contributed by atoms with Crippen molar-refractivity contribution in [2.24, 2.45) is 14.1 Å². The van der Waals surface area contributed by atoms with Gasteiger partial charge in [0.2, 0.25) is 0 Å². The fourth-order valence-electron chi connectivity index (χ4n) is 4.54. The van der Waals surface area contributed by atoms with Crippen LogP contribution < -0.4 is 11.0 Å². The van der Waals surface area contributed by atoms with Gasteiger partial charge in [0.05, 0.1) is 34.9 Å². The summed E-state index contributed by atoms with van der Waals surface area (Å²) in [7, 11) is 0.917. The third-order valence-corrected chi connectivity index (χ3v) is 8.17. The van der Waals surface area contributed by atoms with Crippen LogP contribution in [-0.2, 0) is 24.3 Å². The Hall–Kier alpha value is -3.58. The number of aliphatic hydroxyl groups is 1. The van der Waals surface area contributed by atoms with Crippen molar-refractivity contribution in [3.8, 4) is 11.3 Å². The summed E-state index contributed by atoms with van der Waals surface area (Å²) in [5.41, 5.74) is 2.00. The summed E-state index contributed by atoms with van der Waals surface area (Å²) in [4.78, 5) is 25.8. The highest BCUT2D eigenvalue weighted by Gasteiger charge is 2.37. The molecule has 5 rings (SSSR count). The standard InChI is InChI=1S/C27H25ClN5O3P/c1-32-16-29-15-24(32)27(35,18-6-8-25(31-14-18)37(3,4)36)17-5-7-23-21(11-17)20(13-26(34)33(23)2)22-12-19(28)9-10-30-22/h5-16,35H,1-4H3. The van der Waals surface area contributed by atoms with Crippen molar-refractivity contribution in [1.82, 2.24) is 24.1 Å². The number of hydrogen-bond acceptors (Lipinski definition) is 6. The van der Waals surface area contributed by atoms with Crippen molar-refractivity contribution < 1.29 is 9.67 Å². The van der Waals surface area contributed by atoms with E-state index < -0.39 is 12.7 Å². The number of nitrogens with zero attached hydrogens (tertiary/aromatic N) is 5. The summed E-state index contributed by atoms with van der Waals surface area (Å²) in [5.74, 6) is 0. The Labute approximate surface area is 218 Å². The summed E-state index contributed by atoms with van der Waals surface area (Å²) in [6.07, 6.45) is 6.35. The number of aryl methyl sites for hydroxylation is 2. The van der Waals surface area contributed by atoms with Gasteiger partial charge in [0.1, 0.15) is 7.14 Å². The Morgan fingerprint density at radius 3 is 2.35 bits per heavy atom. The first-order chi connectivity index (χ1) is 17.5. The van der Waals surface area contributed by atoms with Crippen molar-refractivity contribution in [2.45, 2.75) is 5.60 Å². The molecule has 0 saturated heterocycles. The van der Waals surface area contributed by atoms with Crippen LogP contribution in [0.15, 0.2) is 78.2 Å². The normalized spacial score (nSPS) is 13.6. The second-order valence-electron chi connectivity index (χ2n) is 9.40. The van der Waals surface area contributed by atoms with Crippen molar-refractivity contribution >= 4 is 35.1 Å². The number of pyridine rings is 3. The molecule has 0 aliphatic heterocycles. The van der Waals surface area contributed by atoms with E-state index in [1.807, 2.05) is 6.07 Å². The van der Waals surface area contributed by atoms with E-state index >= 15 is 0 Å². The lowest BCUT2D eigenvalue weighted by molar-refractivity contribution is 0.117. The molecule has 0 amide bonds. The molecule has 0 radical (unpaired) electrons. The van der Waals surface area contributed by atoms with E-state index in [1.54, 1.807) is 97.9 Å². The van der Waals surface area contributed by atoms with E-state index in [-0.39, 0.29) is 5.56 Å². The maximum atomic E-state index is 12.8. The van der Waals surface area contributed by atoms with Crippen LogP contribution in [-0.4, -0.2) is 42.5 Å². The molecule has 1 unspecified atom stereocenters. The number of benzene rings is 1. The van der Waals surface area contributed by atoms with Crippen molar-refractivity contribution in [3.05, 3.63) is 106 Å². The average Bonchev–Trinajstić information content (AvgIpc) is 3.31. The monoisotopic (exact) mass is 533 g/mol. The largest absolute Gasteiger partial charge is 0.374 e. The number of rotatable bonds is 5. The highest BCUT2D eigenvalue weighted by Crippen LogP contribution is 2.40. The minimum absolute atomic E-state index is 0.192. The Kier molecular flexibility index (Phi) is 6.15. The molecule has 4 aromatic heterocycles. The smallest absolute Gasteiger partial charge is 0.251 e. The van der Waals surface area contributed by atoms with Gasteiger partial charge in [-0.25, -0.2) is 4.98 Å². The fraction of sp³-hybridized carbons (Fsp3) is 0.185. The van der Waals surface area contributed by atoms with Crippen LogP contribution in [0.25, 0.3) is 22.2 Å².